The average Bonchev–Trinajstić information content (AvgIpc) is 3.08. The summed E-state index contributed by atoms with van der Waals surface area (Å²) in [6.45, 7) is 19.2. The molecule has 0 amide bonds. The molecule has 0 aliphatic heterocycles. The molecule has 268 valence electrons. The van der Waals surface area contributed by atoms with Gasteiger partial charge in [-0.15, -0.1) is 0 Å². The number of aryl methyl sites for hydroxylation is 3. The Morgan fingerprint density at radius 3 is 1.88 bits per heavy atom. The zero-order valence-electron chi connectivity index (χ0n) is 32.0. The minimum Gasteiger partial charge on any atom is -0.358 e. The van der Waals surface area contributed by atoms with Crippen molar-refractivity contribution in [3.63, 3.8) is 0 Å². The molecule has 3 heteroatoms. The maximum atomic E-state index is 5.21. The van der Waals surface area contributed by atoms with Crippen LogP contribution in [-0.4, -0.2) is 11.9 Å². The van der Waals surface area contributed by atoms with Crippen LogP contribution in [0, 0.1) is 28.2 Å². The van der Waals surface area contributed by atoms with Crippen molar-refractivity contribution < 1.29 is 16.5 Å². The van der Waals surface area contributed by atoms with Crippen molar-refractivity contribution in [2.45, 2.75) is 151 Å². The minimum absolute atomic E-state index is 0. The van der Waals surface area contributed by atoms with E-state index in [4.69, 9.17) is 9.98 Å². The first kappa shape index (κ1) is 45.5. The van der Waals surface area contributed by atoms with Gasteiger partial charge in [-0.05, 0) is 122 Å². The molecule has 0 spiro atoms. The zero-order chi connectivity index (χ0) is 33.6. The van der Waals surface area contributed by atoms with Crippen molar-refractivity contribution >= 4 is 23.3 Å². The number of hydrogen-bond donors (Lipinski definition) is 0. The second-order valence-electron chi connectivity index (χ2n) is 12.8. The van der Waals surface area contributed by atoms with Gasteiger partial charge in [0.05, 0.1) is 17.1 Å². The molecule has 0 N–H and O–H groups in total. The van der Waals surface area contributed by atoms with Crippen LogP contribution in [0.5, 0.6) is 0 Å². The molecule has 3 aromatic rings. The Bertz CT molecular complexity index is 1320. The summed E-state index contributed by atoms with van der Waals surface area (Å²) >= 11 is 0. The van der Waals surface area contributed by atoms with Crippen molar-refractivity contribution in [2.24, 2.45) is 9.98 Å². The first-order chi connectivity index (χ1) is 22.4. The van der Waals surface area contributed by atoms with E-state index < -0.39 is 0 Å². The van der Waals surface area contributed by atoms with Crippen LogP contribution in [0.1, 0.15) is 146 Å². The molecule has 0 saturated carbocycles. The van der Waals surface area contributed by atoms with Crippen LogP contribution in [0.3, 0.4) is 0 Å². The maximum absolute atomic E-state index is 5.21. The van der Waals surface area contributed by atoms with Gasteiger partial charge in [-0.3, -0.25) is 9.98 Å². The summed E-state index contributed by atoms with van der Waals surface area (Å²) < 4.78 is 0. The molecule has 0 heterocycles. The van der Waals surface area contributed by atoms with Gasteiger partial charge < -0.3 is 14.4 Å². The van der Waals surface area contributed by atoms with Crippen LogP contribution in [0.4, 0.5) is 11.4 Å². The van der Waals surface area contributed by atoms with E-state index in [-0.39, 0.29) is 23.9 Å². The molecule has 0 fully saturated rings. The van der Waals surface area contributed by atoms with Crippen LogP contribution < -0.4 is 0 Å². The molecule has 0 aliphatic rings. The second kappa shape index (κ2) is 27.3. The monoisotopic (exact) mass is 694 g/mol. The second-order valence-corrected chi connectivity index (χ2v) is 12.8. The van der Waals surface area contributed by atoms with Crippen molar-refractivity contribution in [2.75, 3.05) is 0 Å². The average molecular weight is 696 g/mol. The zero-order valence-corrected chi connectivity index (χ0v) is 33.0. The van der Waals surface area contributed by atoms with Crippen LogP contribution >= 0.6 is 0 Å². The molecule has 0 radical (unpaired) electrons. The molecular formula is C45H68N2Ni. The van der Waals surface area contributed by atoms with E-state index in [0.717, 1.165) is 49.2 Å². The van der Waals surface area contributed by atoms with E-state index in [1.165, 1.54) is 110 Å². The Balaban J connectivity index is 0.00000348. The summed E-state index contributed by atoms with van der Waals surface area (Å²) in [5, 5.41) is 0. The summed E-state index contributed by atoms with van der Waals surface area (Å²) in [5.41, 5.74) is 12.9. The van der Waals surface area contributed by atoms with Crippen LogP contribution in [0.15, 0.2) is 64.6 Å². The van der Waals surface area contributed by atoms with E-state index in [2.05, 4.69) is 110 Å². The third kappa shape index (κ3) is 16.3. The van der Waals surface area contributed by atoms with Gasteiger partial charge in [0.1, 0.15) is 0 Å². The van der Waals surface area contributed by atoms with Crippen LogP contribution in [0.2, 0.25) is 0 Å². The van der Waals surface area contributed by atoms with E-state index in [9.17, 15) is 0 Å². The van der Waals surface area contributed by atoms with Crippen molar-refractivity contribution in [1.29, 1.82) is 0 Å². The number of nitrogens with zero attached hydrogens (tertiary/aromatic N) is 2. The summed E-state index contributed by atoms with van der Waals surface area (Å²) in [7, 11) is 0. The summed E-state index contributed by atoms with van der Waals surface area (Å²) in [6, 6.07) is 20.1. The molecule has 0 aliphatic carbocycles. The molecule has 0 bridgehead atoms. The number of unbranched alkanes of at least 4 members (excludes halogenated alkanes) is 8. The molecule has 0 aromatic heterocycles. The molecule has 48 heavy (non-hydrogen) atoms. The van der Waals surface area contributed by atoms with Gasteiger partial charge in [-0.2, -0.15) is 6.42 Å². The van der Waals surface area contributed by atoms with E-state index in [1.54, 1.807) is 0 Å². The van der Waals surface area contributed by atoms with Crippen molar-refractivity contribution in [3.8, 4) is 11.1 Å². The molecule has 2 nitrogen and oxygen atoms in total. The predicted octanol–water partition coefficient (Wildman–Crippen LogP) is 14.5. The Labute approximate surface area is 307 Å². The Kier molecular flexibility index (Phi) is 25.9. The first-order valence-electron chi connectivity index (χ1n) is 18.6. The van der Waals surface area contributed by atoms with Gasteiger partial charge in [-0.1, -0.05) is 116 Å². The Morgan fingerprint density at radius 1 is 0.667 bits per heavy atom. The SMILES string of the molecule is CCCCCCCCc1cc(N=C(C=Nc2cc(C)c(C)c(CCCC)c2)CC)cc(-c2ccccc2)c1CCCC.[CH2-]CCC.[CH3-].[Ni+2]. The van der Waals surface area contributed by atoms with Gasteiger partial charge in [0.2, 0.25) is 0 Å². The standard InChI is InChI=1S/C40H56N2.C4H9.CH3.Ni/c1-7-11-14-15-16-18-24-35-28-38(29-40(39(35)25-13-9-3)33-22-19-17-20-23-33)42-36(10-4)30-41-37-26-31(5)32(6)34(27-37)21-12-8-2;1-3-4-2;;/h17,19-20,22-23,26-30H,7-16,18,21,24-25H2,1-6H3;1,3-4H2,2H3;1H3;/q;2*-1;+2. The topological polar surface area (TPSA) is 24.7 Å². The molecule has 3 rings (SSSR count). The fourth-order valence-electron chi connectivity index (χ4n) is 5.75. The van der Waals surface area contributed by atoms with Gasteiger partial charge in [0.15, 0.2) is 0 Å². The van der Waals surface area contributed by atoms with Gasteiger partial charge in [-0.25, -0.2) is 0 Å². The summed E-state index contributed by atoms with van der Waals surface area (Å²) in [6.07, 6.45) is 21.3. The van der Waals surface area contributed by atoms with Crippen molar-refractivity contribution in [3.05, 3.63) is 96.8 Å². The van der Waals surface area contributed by atoms with Gasteiger partial charge in [0.25, 0.3) is 0 Å². The van der Waals surface area contributed by atoms with Crippen molar-refractivity contribution in [1.82, 2.24) is 0 Å². The minimum atomic E-state index is 0. The van der Waals surface area contributed by atoms with E-state index in [0.29, 0.717) is 0 Å². The van der Waals surface area contributed by atoms with Crippen LogP contribution in [0.25, 0.3) is 11.1 Å². The fraction of sp³-hybridized carbons (Fsp3) is 0.511. The van der Waals surface area contributed by atoms with Gasteiger partial charge in [0, 0.05) is 6.21 Å². The number of rotatable bonds is 19. The Hall–Kier alpha value is -2.51. The third-order valence-corrected chi connectivity index (χ3v) is 8.90. The smallest absolute Gasteiger partial charge is 0.358 e. The first-order valence-corrected chi connectivity index (χ1v) is 18.6. The quantitative estimate of drug-likeness (QED) is 0.0516. The fourth-order valence-corrected chi connectivity index (χ4v) is 5.75. The molecule has 0 saturated heterocycles. The normalized spacial score (nSPS) is 11.1. The maximum Gasteiger partial charge on any atom is 2.00 e. The van der Waals surface area contributed by atoms with Crippen LogP contribution in [-0.2, 0) is 35.8 Å². The van der Waals surface area contributed by atoms with Gasteiger partial charge >= 0.3 is 16.5 Å². The number of benzene rings is 3. The third-order valence-electron chi connectivity index (χ3n) is 8.90. The molecular weight excluding hydrogens is 627 g/mol. The largest absolute Gasteiger partial charge is 2.00 e. The summed E-state index contributed by atoms with van der Waals surface area (Å²) in [4.78, 5) is 10.1. The molecule has 0 unspecified atom stereocenters. The molecule has 0 atom stereocenters. The predicted molar refractivity (Wildman–Crippen MR) is 214 cm³/mol. The van der Waals surface area contributed by atoms with E-state index >= 15 is 0 Å². The van der Waals surface area contributed by atoms with E-state index in [1.807, 2.05) is 6.21 Å². The number of aliphatic imine (C=N–C) groups is 2. The molecule has 3 aromatic carbocycles. The summed E-state index contributed by atoms with van der Waals surface area (Å²) in [5.74, 6) is 0. The number of hydrogen-bond acceptors (Lipinski definition) is 2. The Morgan fingerprint density at radius 2 is 1.25 bits per heavy atom.